The molecule has 1 amide bonds. The first-order chi connectivity index (χ1) is 12.0. The minimum Gasteiger partial charge on any atom is -0.322 e. The molecule has 0 aliphatic carbocycles. The Morgan fingerprint density at radius 2 is 1.85 bits per heavy atom. The highest BCUT2D eigenvalue weighted by molar-refractivity contribution is 9.10. The van der Waals surface area contributed by atoms with Crippen LogP contribution in [0.15, 0.2) is 45.8 Å². The van der Waals surface area contributed by atoms with Crippen LogP contribution in [-0.2, 0) is 10.0 Å². The van der Waals surface area contributed by atoms with Crippen LogP contribution in [-0.4, -0.2) is 31.7 Å². The minimum atomic E-state index is -3.71. The van der Waals surface area contributed by atoms with E-state index in [1.165, 1.54) is 29.6 Å². The summed E-state index contributed by atoms with van der Waals surface area (Å²) in [5.41, 5.74) is 1.60. The average molecular weight is 460 g/mol. The molecule has 0 aliphatic rings. The molecule has 5 nitrogen and oxygen atoms in total. The van der Waals surface area contributed by atoms with Crippen molar-refractivity contribution in [3.63, 3.8) is 0 Å². The third kappa shape index (κ3) is 4.46. The Morgan fingerprint density at radius 1 is 1.19 bits per heavy atom. The van der Waals surface area contributed by atoms with Crippen molar-refractivity contribution in [2.45, 2.75) is 31.7 Å². The van der Waals surface area contributed by atoms with Gasteiger partial charge in [-0.15, -0.1) is 0 Å². The fourth-order valence-corrected chi connectivity index (χ4v) is 4.31. The number of sulfonamides is 1. The highest BCUT2D eigenvalue weighted by atomic mass is 79.9. The average Bonchev–Trinajstić information content (AvgIpc) is 2.56. The van der Waals surface area contributed by atoms with E-state index in [9.17, 15) is 13.2 Å². The molecule has 0 atom stereocenters. The highest BCUT2D eigenvalue weighted by Crippen LogP contribution is 2.26. The number of carbonyl (C=O) groups excluding carboxylic acids is 1. The summed E-state index contributed by atoms with van der Waals surface area (Å²) in [5.74, 6) is -0.468. The van der Waals surface area contributed by atoms with Gasteiger partial charge in [0.05, 0.1) is 15.5 Å². The molecule has 8 heteroatoms. The lowest BCUT2D eigenvalue weighted by Crippen LogP contribution is -2.33. The third-order valence-corrected chi connectivity index (χ3v) is 6.88. The van der Waals surface area contributed by atoms with E-state index in [2.05, 4.69) is 21.2 Å². The normalized spacial score (nSPS) is 11.8. The van der Waals surface area contributed by atoms with Crippen molar-refractivity contribution in [2.24, 2.45) is 0 Å². The van der Waals surface area contributed by atoms with E-state index < -0.39 is 15.9 Å². The second-order valence-electron chi connectivity index (χ2n) is 6.17. The van der Waals surface area contributed by atoms with Gasteiger partial charge in [-0.1, -0.05) is 27.5 Å². The van der Waals surface area contributed by atoms with Crippen molar-refractivity contribution in [2.75, 3.05) is 12.4 Å². The Balaban J connectivity index is 2.39. The van der Waals surface area contributed by atoms with Gasteiger partial charge in [-0.2, -0.15) is 4.31 Å². The lowest BCUT2D eigenvalue weighted by atomic mass is 10.1. The summed E-state index contributed by atoms with van der Waals surface area (Å²) in [6, 6.07) is 9.36. The van der Waals surface area contributed by atoms with Crippen LogP contribution in [0.4, 0.5) is 5.69 Å². The van der Waals surface area contributed by atoms with Crippen LogP contribution in [0, 0.1) is 6.92 Å². The van der Waals surface area contributed by atoms with E-state index in [1.807, 2.05) is 19.1 Å². The number of hydrogen-bond donors (Lipinski definition) is 1. The van der Waals surface area contributed by atoms with Crippen molar-refractivity contribution in [1.82, 2.24) is 4.31 Å². The Hall–Kier alpha value is -1.41. The number of nitrogens with zero attached hydrogens (tertiary/aromatic N) is 1. The van der Waals surface area contributed by atoms with E-state index >= 15 is 0 Å². The summed E-state index contributed by atoms with van der Waals surface area (Å²) in [5, 5.41) is 2.96. The van der Waals surface area contributed by atoms with Crippen molar-refractivity contribution < 1.29 is 13.2 Å². The molecule has 2 aromatic rings. The largest absolute Gasteiger partial charge is 0.322 e. The van der Waals surface area contributed by atoms with Crippen molar-refractivity contribution >= 4 is 49.1 Å². The van der Waals surface area contributed by atoms with Crippen LogP contribution in [0.3, 0.4) is 0 Å². The molecule has 0 unspecified atom stereocenters. The van der Waals surface area contributed by atoms with E-state index in [1.54, 1.807) is 19.9 Å². The standard InChI is InChI=1S/C18H20BrClN2O3S/c1-11(2)22(4)26(24,25)14-6-7-16(20)15(10-14)18(23)21-17-8-5-13(19)9-12(17)3/h5-11H,1-4H3,(H,21,23). The van der Waals surface area contributed by atoms with Gasteiger partial charge in [0.15, 0.2) is 0 Å². The zero-order valence-electron chi connectivity index (χ0n) is 14.9. The van der Waals surface area contributed by atoms with Gasteiger partial charge in [-0.25, -0.2) is 8.42 Å². The van der Waals surface area contributed by atoms with Gasteiger partial charge in [0.2, 0.25) is 10.0 Å². The summed E-state index contributed by atoms with van der Waals surface area (Å²) >= 11 is 9.51. The number of amides is 1. The van der Waals surface area contributed by atoms with E-state index in [-0.39, 0.29) is 21.5 Å². The third-order valence-electron chi connectivity index (χ3n) is 4.02. The molecule has 0 heterocycles. The maximum Gasteiger partial charge on any atom is 0.257 e. The minimum absolute atomic E-state index is 0.0239. The molecule has 0 radical (unpaired) electrons. The maximum absolute atomic E-state index is 12.7. The molecule has 1 N–H and O–H groups in total. The molecule has 0 spiro atoms. The van der Waals surface area contributed by atoms with Gasteiger partial charge in [0.1, 0.15) is 0 Å². The zero-order chi connectivity index (χ0) is 19.6. The number of carbonyl (C=O) groups is 1. The van der Waals surface area contributed by atoms with Gasteiger partial charge in [0.25, 0.3) is 5.91 Å². The highest BCUT2D eigenvalue weighted by Gasteiger charge is 2.25. The molecule has 0 aromatic heterocycles. The number of aryl methyl sites for hydroxylation is 1. The molecule has 0 aliphatic heterocycles. The SMILES string of the molecule is Cc1cc(Br)ccc1NC(=O)c1cc(S(=O)(=O)N(C)C(C)C)ccc1Cl. The topological polar surface area (TPSA) is 66.5 Å². The molecular formula is C18H20BrClN2O3S. The Kier molecular flexibility index (Phi) is 6.50. The fourth-order valence-electron chi connectivity index (χ4n) is 2.24. The predicted molar refractivity (Wildman–Crippen MR) is 108 cm³/mol. The number of halogens is 2. The van der Waals surface area contributed by atoms with Crippen LogP contribution in [0.1, 0.15) is 29.8 Å². The Morgan fingerprint density at radius 3 is 2.42 bits per heavy atom. The van der Waals surface area contributed by atoms with Gasteiger partial charge < -0.3 is 5.32 Å². The molecule has 0 saturated carbocycles. The first kappa shape index (κ1) is 20.9. The van der Waals surface area contributed by atoms with E-state index in [0.717, 1.165) is 10.0 Å². The molecule has 140 valence electrons. The van der Waals surface area contributed by atoms with Crippen molar-refractivity contribution in [3.05, 3.63) is 57.0 Å². The number of hydrogen-bond acceptors (Lipinski definition) is 3. The van der Waals surface area contributed by atoms with E-state index in [0.29, 0.717) is 5.69 Å². The first-order valence-corrected chi connectivity index (χ1v) is 10.5. The van der Waals surface area contributed by atoms with Crippen LogP contribution in [0.5, 0.6) is 0 Å². The van der Waals surface area contributed by atoms with Crippen LogP contribution >= 0.6 is 27.5 Å². The summed E-state index contributed by atoms with van der Waals surface area (Å²) in [6.45, 7) is 5.41. The predicted octanol–water partition coefficient (Wildman–Crippen LogP) is 4.69. The smallest absolute Gasteiger partial charge is 0.257 e. The second-order valence-corrected chi connectivity index (χ2v) is 9.49. The van der Waals surface area contributed by atoms with Gasteiger partial charge in [-0.3, -0.25) is 4.79 Å². The second kappa shape index (κ2) is 8.08. The van der Waals surface area contributed by atoms with Crippen molar-refractivity contribution in [3.8, 4) is 0 Å². The summed E-state index contributed by atoms with van der Waals surface area (Å²) in [6.07, 6.45) is 0. The lowest BCUT2D eigenvalue weighted by molar-refractivity contribution is 0.102. The molecule has 0 bridgehead atoms. The van der Waals surface area contributed by atoms with Gasteiger partial charge >= 0.3 is 0 Å². The molecule has 2 rings (SSSR count). The summed E-state index contributed by atoms with van der Waals surface area (Å²) in [4.78, 5) is 12.7. The zero-order valence-corrected chi connectivity index (χ0v) is 18.0. The summed E-state index contributed by atoms with van der Waals surface area (Å²) < 4.78 is 27.5. The van der Waals surface area contributed by atoms with Crippen molar-refractivity contribution in [1.29, 1.82) is 0 Å². The Labute approximate surface area is 167 Å². The fraction of sp³-hybridized carbons (Fsp3) is 0.278. The number of rotatable bonds is 5. The van der Waals surface area contributed by atoms with Gasteiger partial charge in [-0.05, 0) is 62.7 Å². The van der Waals surface area contributed by atoms with Gasteiger partial charge in [0, 0.05) is 23.2 Å². The maximum atomic E-state index is 12.7. The number of nitrogens with one attached hydrogen (secondary N) is 1. The van der Waals surface area contributed by atoms with Crippen LogP contribution < -0.4 is 5.32 Å². The Bertz CT molecular complexity index is 945. The molecule has 0 saturated heterocycles. The molecule has 0 fully saturated rings. The molecule has 26 heavy (non-hydrogen) atoms. The summed E-state index contributed by atoms with van der Waals surface area (Å²) in [7, 11) is -2.21. The molecule has 2 aromatic carbocycles. The monoisotopic (exact) mass is 458 g/mol. The molecular weight excluding hydrogens is 440 g/mol. The van der Waals surface area contributed by atoms with Crippen LogP contribution in [0.2, 0.25) is 5.02 Å². The number of anilines is 1. The number of benzene rings is 2. The van der Waals surface area contributed by atoms with Crippen LogP contribution in [0.25, 0.3) is 0 Å². The van der Waals surface area contributed by atoms with E-state index in [4.69, 9.17) is 11.6 Å². The quantitative estimate of drug-likeness (QED) is 0.705. The lowest BCUT2D eigenvalue weighted by Gasteiger charge is -2.21. The first-order valence-electron chi connectivity index (χ1n) is 7.89.